The topological polar surface area (TPSA) is 80.0 Å². The number of aromatic nitrogens is 3. The quantitative estimate of drug-likeness (QED) is 0.824. The molecule has 1 aromatic heterocycles. The van der Waals surface area contributed by atoms with Crippen molar-refractivity contribution in [1.29, 1.82) is 0 Å². The minimum atomic E-state index is 0.291. The molecule has 0 unspecified atom stereocenters. The molecule has 1 aromatic rings. The molecule has 1 aliphatic heterocycles. The number of anilines is 3. The predicted molar refractivity (Wildman–Crippen MR) is 73.6 cm³/mol. The van der Waals surface area contributed by atoms with Crippen molar-refractivity contribution in [3.63, 3.8) is 0 Å². The summed E-state index contributed by atoms with van der Waals surface area (Å²) in [5, 5.41) is 3.21. The second kappa shape index (κ2) is 5.84. The zero-order chi connectivity index (χ0) is 13.0. The molecule has 0 atom stereocenters. The fourth-order valence-corrected chi connectivity index (χ4v) is 1.99. The number of hydrogen-bond donors (Lipinski definition) is 2. The van der Waals surface area contributed by atoms with Crippen molar-refractivity contribution in [2.45, 2.75) is 33.1 Å². The molecule has 100 valence electrons. The van der Waals surface area contributed by atoms with Crippen LogP contribution < -0.4 is 16.0 Å². The van der Waals surface area contributed by atoms with Gasteiger partial charge < -0.3 is 16.0 Å². The third-order valence-electron chi connectivity index (χ3n) is 3.03. The van der Waals surface area contributed by atoms with E-state index in [4.69, 9.17) is 5.73 Å². The molecule has 2 heterocycles. The van der Waals surface area contributed by atoms with E-state index < -0.39 is 0 Å². The lowest BCUT2D eigenvalue weighted by molar-refractivity contribution is 0.605. The normalized spacial score (nSPS) is 15.4. The summed E-state index contributed by atoms with van der Waals surface area (Å²) in [6.07, 6.45) is 3.48. The maximum atomic E-state index is 5.73. The van der Waals surface area contributed by atoms with E-state index in [2.05, 4.69) is 39.0 Å². The number of nitrogens with two attached hydrogens (primary N) is 1. The Labute approximate surface area is 108 Å². The maximum Gasteiger partial charge on any atom is 0.231 e. The average Bonchev–Trinajstić information content (AvgIpc) is 2.81. The first-order valence-corrected chi connectivity index (χ1v) is 6.65. The van der Waals surface area contributed by atoms with Crippen molar-refractivity contribution in [2.75, 3.05) is 35.6 Å². The Bertz CT molecular complexity index is 386. The fourth-order valence-electron chi connectivity index (χ4n) is 1.99. The van der Waals surface area contributed by atoms with E-state index in [0.717, 1.165) is 26.1 Å². The summed E-state index contributed by atoms with van der Waals surface area (Å²) < 4.78 is 0. The molecule has 6 nitrogen and oxygen atoms in total. The van der Waals surface area contributed by atoms with Gasteiger partial charge in [0, 0.05) is 19.6 Å². The second-order valence-corrected chi connectivity index (χ2v) is 5.12. The zero-order valence-electron chi connectivity index (χ0n) is 11.2. The van der Waals surface area contributed by atoms with Crippen LogP contribution in [0.1, 0.15) is 33.1 Å². The molecule has 2 rings (SSSR count). The minimum absolute atomic E-state index is 0.291. The van der Waals surface area contributed by atoms with Crippen LogP contribution in [-0.2, 0) is 0 Å². The first kappa shape index (κ1) is 12.9. The van der Waals surface area contributed by atoms with Crippen LogP contribution in [0, 0.1) is 5.92 Å². The standard InChI is InChI=1S/C12H22N6/c1-9(2)5-6-14-11-15-10(13)16-12(17-11)18-7-3-4-8-18/h9H,3-8H2,1-2H3,(H3,13,14,15,16,17). The second-order valence-electron chi connectivity index (χ2n) is 5.12. The number of rotatable bonds is 5. The molecular weight excluding hydrogens is 228 g/mol. The van der Waals surface area contributed by atoms with Gasteiger partial charge in [0.25, 0.3) is 0 Å². The molecule has 0 radical (unpaired) electrons. The highest BCUT2D eigenvalue weighted by Crippen LogP contribution is 2.17. The van der Waals surface area contributed by atoms with Crippen molar-refractivity contribution in [3.05, 3.63) is 0 Å². The molecule has 1 aliphatic rings. The molecule has 18 heavy (non-hydrogen) atoms. The summed E-state index contributed by atoms with van der Waals surface area (Å²) in [4.78, 5) is 14.9. The van der Waals surface area contributed by atoms with Gasteiger partial charge in [0.05, 0.1) is 0 Å². The maximum absolute atomic E-state index is 5.73. The van der Waals surface area contributed by atoms with Crippen molar-refractivity contribution >= 4 is 17.8 Å². The number of nitrogens with zero attached hydrogens (tertiary/aromatic N) is 4. The zero-order valence-corrected chi connectivity index (χ0v) is 11.2. The van der Waals surface area contributed by atoms with Crippen molar-refractivity contribution in [3.8, 4) is 0 Å². The highest BCUT2D eigenvalue weighted by atomic mass is 15.3. The summed E-state index contributed by atoms with van der Waals surface area (Å²) in [6, 6.07) is 0. The highest BCUT2D eigenvalue weighted by molar-refractivity contribution is 5.42. The molecule has 6 heteroatoms. The lowest BCUT2D eigenvalue weighted by Crippen LogP contribution is -2.22. The Hall–Kier alpha value is -1.59. The van der Waals surface area contributed by atoms with E-state index >= 15 is 0 Å². The van der Waals surface area contributed by atoms with Gasteiger partial charge >= 0.3 is 0 Å². The van der Waals surface area contributed by atoms with E-state index in [9.17, 15) is 0 Å². The number of nitrogens with one attached hydrogen (secondary N) is 1. The third kappa shape index (κ3) is 3.45. The van der Waals surface area contributed by atoms with Gasteiger partial charge in [-0.15, -0.1) is 0 Å². The van der Waals surface area contributed by atoms with Gasteiger partial charge in [-0.25, -0.2) is 0 Å². The van der Waals surface area contributed by atoms with E-state index in [1.54, 1.807) is 0 Å². The van der Waals surface area contributed by atoms with Crippen LogP contribution in [0.25, 0.3) is 0 Å². The van der Waals surface area contributed by atoms with Gasteiger partial charge in [0.1, 0.15) is 0 Å². The van der Waals surface area contributed by atoms with Crippen LogP contribution in [0.3, 0.4) is 0 Å². The lowest BCUT2D eigenvalue weighted by atomic mass is 10.1. The molecular formula is C12H22N6. The van der Waals surface area contributed by atoms with Crippen LogP contribution in [0.4, 0.5) is 17.8 Å². The van der Waals surface area contributed by atoms with Crippen LogP contribution in [0.15, 0.2) is 0 Å². The molecule has 0 aromatic carbocycles. The largest absolute Gasteiger partial charge is 0.368 e. The van der Waals surface area contributed by atoms with Crippen molar-refractivity contribution in [2.24, 2.45) is 5.92 Å². The summed E-state index contributed by atoms with van der Waals surface area (Å²) in [7, 11) is 0. The Balaban J connectivity index is 2.01. The smallest absolute Gasteiger partial charge is 0.231 e. The Morgan fingerprint density at radius 1 is 1.22 bits per heavy atom. The first-order valence-electron chi connectivity index (χ1n) is 6.65. The SMILES string of the molecule is CC(C)CCNc1nc(N)nc(N2CCCC2)n1. The highest BCUT2D eigenvalue weighted by Gasteiger charge is 2.16. The Morgan fingerprint density at radius 2 is 1.94 bits per heavy atom. The van der Waals surface area contributed by atoms with E-state index in [1.807, 2.05) is 0 Å². The average molecular weight is 250 g/mol. The van der Waals surface area contributed by atoms with E-state index in [-0.39, 0.29) is 0 Å². The Kier molecular flexibility index (Phi) is 4.17. The minimum Gasteiger partial charge on any atom is -0.368 e. The third-order valence-corrected chi connectivity index (χ3v) is 3.03. The van der Waals surface area contributed by atoms with E-state index in [1.165, 1.54) is 12.8 Å². The van der Waals surface area contributed by atoms with Gasteiger partial charge in [-0.05, 0) is 25.2 Å². The predicted octanol–water partition coefficient (Wildman–Crippen LogP) is 1.51. The number of hydrogen-bond acceptors (Lipinski definition) is 6. The van der Waals surface area contributed by atoms with Gasteiger partial charge in [-0.3, -0.25) is 0 Å². The summed E-state index contributed by atoms with van der Waals surface area (Å²) in [6.45, 7) is 7.27. The van der Waals surface area contributed by atoms with Gasteiger partial charge in [0.2, 0.25) is 17.8 Å². The Morgan fingerprint density at radius 3 is 2.61 bits per heavy atom. The molecule has 3 N–H and O–H groups in total. The molecule has 1 saturated heterocycles. The van der Waals surface area contributed by atoms with Gasteiger partial charge in [0.15, 0.2) is 0 Å². The first-order chi connectivity index (χ1) is 8.65. The number of nitrogen functional groups attached to an aromatic ring is 1. The summed E-state index contributed by atoms with van der Waals surface area (Å²) >= 11 is 0. The van der Waals surface area contributed by atoms with E-state index in [0.29, 0.717) is 23.8 Å². The van der Waals surface area contributed by atoms with Crippen molar-refractivity contribution < 1.29 is 0 Å². The monoisotopic (exact) mass is 250 g/mol. The molecule has 0 saturated carbocycles. The molecule has 0 bridgehead atoms. The fraction of sp³-hybridized carbons (Fsp3) is 0.750. The summed E-state index contributed by atoms with van der Waals surface area (Å²) in [5.74, 6) is 2.24. The molecule has 0 aliphatic carbocycles. The molecule has 0 spiro atoms. The van der Waals surface area contributed by atoms with Crippen LogP contribution in [0.5, 0.6) is 0 Å². The van der Waals surface area contributed by atoms with Gasteiger partial charge in [-0.1, -0.05) is 13.8 Å². The molecule has 1 fully saturated rings. The van der Waals surface area contributed by atoms with Crippen LogP contribution >= 0.6 is 0 Å². The van der Waals surface area contributed by atoms with Crippen molar-refractivity contribution in [1.82, 2.24) is 15.0 Å². The van der Waals surface area contributed by atoms with Crippen LogP contribution in [0.2, 0.25) is 0 Å². The van der Waals surface area contributed by atoms with Gasteiger partial charge in [-0.2, -0.15) is 15.0 Å². The van der Waals surface area contributed by atoms with Crippen LogP contribution in [-0.4, -0.2) is 34.6 Å². The lowest BCUT2D eigenvalue weighted by Gasteiger charge is -2.16. The molecule has 0 amide bonds. The summed E-state index contributed by atoms with van der Waals surface area (Å²) in [5.41, 5.74) is 5.73.